The standard InChI is InChI=1S/C18H18F4N2O2/c1-12-4-2-3-5-14(12)16(13-6-8-23-9-7-13)24-15(25)10-26-11-18(21,22)17(19)20/h2-9,16-17H,10-11H2,1H3,(H,24,25)/t16-/m1/s1. The average Bonchev–Trinajstić information content (AvgIpc) is 2.61. The summed E-state index contributed by atoms with van der Waals surface area (Å²) in [6.45, 7) is -0.409. The Bertz CT molecular complexity index is 726. The van der Waals surface area contributed by atoms with Crippen molar-refractivity contribution >= 4 is 5.91 Å². The Hall–Kier alpha value is -2.48. The highest BCUT2D eigenvalue weighted by atomic mass is 19.3. The SMILES string of the molecule is Cc1ccccc1[C@H](NC(=O)COCC(F)(F)C(F)F)c1ccncc1. The molecule has 0 saturated heterocycles. The molecule has 0 saturated carbocycles. The number of carbonyl (C=O) groups is 1. The first kappa shape index (κ1) is 19.8. The lowest BCUT2D eigenvalue weighted by Gasteiger charge is -2.22. The van der Waals surface area contributed by atoms with Gasteiger partial charge >= 0.3 is 12.3 Å². The molecule has 0 fully saturated rings. The van der Waals surface area contributed by atoms with Gasteiger partial charge in [-0.05, 0) is 35.7 Å². The number of hydrogen-bond donors (Lipinski definition) is 1. The second-order valence-electron chi connectivity index (χ2n) is 5.69. The topological polar surface area (TPSA) is 51.2 Å². The van der Waals surface area contributed by atoms with Gasteiger partial charge in [0.2, 0.25) is 5.91 Å². The van der Waals surface area contributed by atoms with Crippen molar-refractivity contribution in [1.29, 1.82) is 0 Å². The number of amides is 1. The Morgan fingerprint density at radius 1 is 1.19 bits per heavy atom. The Labute approximate surface area is 148 Å². The minimum absolute atomic E-state index is 0.550. The van der Waals surface area contributed by atoms with Crippen molar-refractivity contribution < 1.29 is 27.1 Å². The van der Waals surface area contributed by atoms with Gasteiger partial charge in [-0.2, -0.15) is 8.78 Å². The van der Waals surface area contributed by atoms with Crippen LogP contribution >= 0.6 is 0 Å². The summed E-state index contributed by atoms with van der Waals surface area (Å²) in [5.74, 6) is -4.99. The number of nitrogens with zero attached hydrogens (tertiary/aromatic N) is 1. The monoisotopic (exact) mass is 370 g/mol. The Morgan fingerprint density at radius 3 is 2.46 bits per heavy atom. The summed E-state index contributed by atoms with van der Waals surface area (Å²) >= 11 is 0. The third-order valence-corrected chi connectivity index (χ3v) is 3.69. The normalized spacial score (nSPS) is 12.8. The molecule has 1 amide bonds. The van der Waals surface area contributed by atoms with Crippen LogP contribution in [0.4, 0.5) is 17.6 Å². The highest BCUT2D eigenvalue weighted by Crippen LogP contribution is 2.25. The largest absolute Gasteiger partial charge is 0.365 e. The van der Waals surface area contributed by atoms with E-state index in [1.54, 1.807) is 24.5 Å². The third-order valence-electron chi connectivity index (χ3n) is 3.69. The first-order valence-corrected chi connectivity index (χ1v) is 7.80. The summed E-state index contributed by atoms with van der Waals surface area (Å²) in [6.07, 6.45) is -0.721. The Kier molecular flexibility index (Phi) is 6.68. The number of ether oxygens (including phenoxy) is 1. The third kappa shape index (κ3) is 5.26. The molecule has 0 aliphatic carbocycles. The van der Waals surface area contributed by atoms with Crippen molar-refractivity contribution in [2.75, 3.05) is 13.2 Å². The molecule has 0 spiro atoms. The molecule has 140 valence electrons. The van der Waals surface area contributed by atoms with E-state index in [0.717, 1.165) is 16.7 Å². The quantitative estimate of drug-likeness (QED) is 0.724. The van der Waals surface area contributed by atoms with Crippen LogP contribution < -0.4 is 5.32 Å². The van der Waals surface area contributed by atoms with E-state index < -0.39 is 37.5 Å². The molecule has 0 radical (unpaired) electrons. The fraction of sp³-hybridized carbons (Fsp3) is 0.333. The number of hydrogen-bond acceptors (Lipinski definition) is 3. The Balaban J connectivity index is 2.08. The fourth-order valence-electron chi connectivity index (χ4n) is 2.35. The van der Waals surface area contributed by atoms with E-state index in [4.69, 9.17) is 0 Å². The summed E-state index contributed by atoms with van der Waals surface area (Å²) < 4.78 is 54.3. The number of alkyl halides is 4. The number of carbonyl (C=O) groups excluding carboxylic acids is 1. The number of pyridine rings is 1. The molecule has 0 aliphatic heterocycles. The first-order valence-electron chi connectivity index (χ1n) is 7.80. The maximum atomic E-state index is 12.8. The minimum Gasteiger partial charge on any atom is -0.365 e. The number of halogens is 4. The van der Waals surface area contributed by atoms with Gasteiger partial charge in [-0.15, -0.1) is 0 Å². The van der Waals surface area contributed by atoms with E-state index >= 15 is 0 Å². The molecule has 4 nitrogen and oxygen atoms in total. The van der Waals surface area contributed by atoms with Gasteiger partial charge in [0.1, 0.15) is 13.2 Å². The molecular formula is C18H18F4N2O2. The van der Waals surface area contributed by atoms with Crippen molar-refractivity contribution in [2.24, 2.45) is 0 Å². The first-order chi connectivity index (χ1) is 12.3. The van der Waals surface area contributed by atoms with Gasteiger partial charge in [-0.25, -0.2) is 8.78 Å². The van der Waals surface area contributed by atoms with Crippen LogP contribution in [0.1, 0.15) is 22.7 Å². The number of aryl methyl sites for hydroxylation is 1. The zero-order valence-corrected chi connectivity index (χ0v) is 14.0. The number of nitrogens with one attached hydrogen (secondary N) is 1. The number of aromatic nitrogens is 1. The van der Waals surface area contributed by atoms with E-state index in [0.29, 0.717) is 0 Å². The summed E-state index contributed by atoms with van der Waals surface area (Å²) in [5.41, 5.74) is 2.46. The second-order valence-corrected chi connectivity index (χ2v) is 5.69. The van der Waals surface area contributed by atoms with Gasteiger partial charge in [0.25, 0.3) is 0 Å². The van der Waals surface area contributed by atoms with Crippen molar-refractivity contribution in [3.05, 3.63) is 65.5 Å². The molecule has 0 aliphatic rings. The van der Waals surface area contributed by atoms with Gasteiger partial charge in [-0.1, -0.05) is 24.3 Å². The van der Waals surface area contributed by atoms with Gasteiger partial charge in [0, 0.05) is 12.4 Å². The highest BCUT2D eigenvalue weighted by molar-refractivity contribution is 5.78. The van der Waals surface area contributed by atoms with Crippen molar-refractivity contribution in [3.8, 4) is 0 Å². The van der Waals surface area contributed by atoms with Crippen LogP contribution in [-0.4, -0.2) is 36.5 Å². The van der Waals surface area contributed by atoms with Crippen LogP contribution in [0, 0.1) is 6.92 Å². The van der Waals surface area contributed by atoms with Gasteiger partial charge in [-0.3, -0.25) is 9.78 Å². The molecule has 1 aromatic heterocycles. The second kappa shape index (κ2) is 8.75. The Morgan fingerprint density at radius 2 is 1.85 bits per heavy atom. The molecule has 0 bridgehead atoms. The molecule has 2 aromatic rings. The maximum Gasteiger partial charge on any atom is 0.330 e. The molecule has 0 unspecified atom stereocenters. The van der Waals surface area contributed by atoms with Gasteiger partial charge < -0.3 is 10.1 Å². The predicted octanol–water partition coefficient (Wildman–Crippen LogP) is 3.51. The van der Waals surface area contributed by atoms with Crippen LogP contribution in [0.25, 0.3) is 0 Å². The molecule has 1 aromatic carbocycles. The highest BCUT2D eigenvalue weighted by Gasteiger charge is 2.41. The van der Waals surface area contributed by atoms with Crippen LogP contribution in [0.15, 0.2) is 48.8 Å². The summed E-state index contributed by atoms with van der Waals surface area (Å²) in [6, 6.07) is 10.2. The van der Waals surface area contributed by atoms with Gasteiger partial charge in [0.05, 0.1) is 6.04 Å². The van der Waals surface area contributed by atoms with E-state index in [1.165, 1.54) is 0 Å². The summed E-state index contributed by atoms with van der Waals surface area (Å²) in [7, 11) is 0. The maximum absolute atomic E-state index is 12.8. The summed E-state index contributed by atoms with van der Waals surface area (Å²) in [4.78, 5) is 16.0. The molecule has 1 N–H and O–H groups in total. The fourth-order valence-corrected chi connectivity index (χ4v) is 2.35. The van der Waals surface area contributed by atoms with E-state index in [2.05, 4.69) is 15.0 Å². The van der Waals surface area contributed by atoms with Gasteiger partial charge in [0.15, 0.2) is 0 Å². The molecule has 2 rings (SSSR count). The van der Waals surface area contributed by atoms with Crippen LogP contribution in [0.2, 0.25) is 0 Å². The van der Waals surface area contributed by atoms with Crippen molar-refractivity contribution in [3.63, 3.8) is 0 Å². The lowest BCUT2D eigenvalue weighted by Crippen LogP contribution is -2.36. The predicted molar refractivity (Wildman–Crippen MR) is 87.2 cm³/mol. The summed E-state index contributed by atoms with van der Waals surface area (Å²) in [5, 5.41) is 2.68. The number of rotatable bonds is 8. The molecule has 8 heteroatoms. The van der Waals surface area contributed by atoms with E-state index in [1.807, 2.05) is 31.2 Å². The molecule has 1 atom stereocenters. The van der Waals surface area contributed by atoms with E-state index in [9.17, 15) is 22.4 Å². The zero-order chi connectivity index (χ0) is 19.2. The lowest BCUT2D eigenvalue weighted by atomic mass is 9.95. The molecular weight excluding hydrogens is 352 g/mol. The van der Waals surface area contributed by atoms with E-state index in [-0.39, 0.29) is 0 Å². The van der Waals surface area contributed by atoms with Crippen LogP contribution in [-0.2, 0) is 9.53 Å². The zero-order valence-electron chi connectivity index (χ0n) is 14.0. The van der Waals surface area contributed by atoms with Crippen molar-refractivity contribution in [1.82, 2.24) is 10.3 Å². The molecule has 26 heavy (non-hydrogen) atoms. The van der Waals surface area contributed by atoms with Crippen molar-refractivity contribution in [2.45, 2.75) is 25.3 Å². The van der Waals surface area contributed by atoms with Crippen LogP contribution in [0.3, 0.4) is 0 Å². The lowest BCUT2D eigenvalue weighted by molar-refractivity contribution is -0.168. The smallest absolute Gasteiger partial charge is 0.330 e. The van der Waals surface area contributed by atoms with Crippen LogP contribution in [0.5, 0.6) is 0 Å². The average molecular weight is 370 g/mol. The molecule has 1 heterocycles. The number of benzene rings is 1. The minimum atomic E-state index is -4.29.